The van der Waals surface area contributed by atoms with Gasteiger partial charge in [0.1, 0.15) is 12.1 Å². The largest absolute Gasteiger partial charge is 0.373 e. The van der Waals surface area contributed by atoms with E-state index in [1.54, 1.807) is 13.3 Å². The van der Waals surface area contributed by atoms with Crippen LogP contribution in [0.3, 0.4) is 0 Å². The van der Waals surface area contributed by atoms with Gasteiger partial charge < -0.3 is 19.4 Å². The van der Waals surface area contributed by atoms with E-state index in [-0.39, 0.29) is 12.0 Å². The molecule has 0 radical (unpaired) electrons. The van der Waals surface area contributed by atoms with Crippen molar-refractivity contribution in [3.8, 4) is 0 Å². The van der Waals surface area contributed by atoms with E-state index >= 15 is 0 Å². The van der Waals surface area contributed by atoms with Gasteiger partial charge in [-0.1, -0.05) is 0 Å². The summed E-state index contributed by atoms with van der Waals surface area (Å²) < 4.78 is 5.85. The van der Waals surface area contributed by atoms with Gasteiger partial charge >= 0.3 is 0 Å². The quantitative estimate of drug-likeness (QED) is 0.808. The fourth-order valence-electron chi connectivity index (χ4n) is 3.71. The molecule has 0 saturated carbocycles. The molecule has 0 bridgehead atoms. The number of rotatable bonds is 4. The second-order valence-corrected chi connectivity index (χ2v) is 7.12. The fraction of sp³-hybridized carbons (Fsp3) is 0.722. The number of nitrogens with zero attached hydrogens (tertiary/aromatic N) is 5. The van der Waals surface area contributed by atoms with E-state index in [4.69, 9.17) is 4.74 Å². The highest BCUT2D eigenvalue weighted by Gasteiger charge is 2.28. The Morgan fingerprint density at radius 1 is 1.32 bits per heavy atom. The van der Waals surface area contributed by atoms with Crippen LogP contribution in [0.5, 0.6) is 0 Å². The summed E-state index contributed by atoms with van der Waals surface area (Å²) in [5, 5.41) is 0. The Morgan fingerprint density at radius 2 is 2.08 bits per heavy atom. The van der Waals surface area contributed by atoms with Crippen LogP contribution in [0.1, 0.15) is 25.5 Å². The molecule has 7 heteroatoms. The summed E-state index contributed by atoms with van der Waals surface area (Å²) in [4.78, 5) is 26.8. The lowest BCUT2D eigenvalue weighted by Crippen LogP contribution is -2.51. The first-order chi connectivity index (χ1) is 12.0. The number of hydrogen-bond acceptors (Lipinski definition) is 6. The van der Waals surface area contributed by atoms with Gasteiger partial charge in [-0.15, -0.1) is 0 Å². The van der Waals surface area contributed by atoms with Crippen LogP contribution in [-0.2, 0) is 9.53 Å². The van der Waals surface area contributed by atoms with Crippen molar-refractivity contribution in [3.63, 3.8) is 0 Å². The number of carbonyl (C=O) groups is 1. The standard InChI is InChI=1S/C18H29N5O2/c1-14-10-18(20-13-19-14)21(3)16-4-6-22(7-5-16)11-17-12-23(15(2)24)8-9-25-17/h10,13,16-17H,4-9,11-12H2,1-3H3. The Hall–Kier alpha value is -1.73. The normalized spacial score (nSPS) is 22.8. The lowest BCUT2D eigenvalue weighted by molar-refractivity contribution is -0.137. The van der Waals surface area contributed by atoms with Crippen LogP contribution < -0.4 is 4.90 Å². The summed E-state index contributed by atoms with van der Waals surface area (Å²) in [6, 6.07) is 2.55. The zero-order chi connectivity index (χ0) is 17.8. The second kappa shape index (κ2) is 8.10. The minimum atomic E-state index is 0.136. The van der Waals surface area contributed by atoms with Gasteiger partial charge in [-0.25, -0.2) is 9.97 Å². The summed E-state index contributed by atoms with van der Waals surface area (Å²) in [5.41, 5.74) is 0.999. The number of carbonyl (C=O) groups excluding carboxylic acids is 1. The van der Waals surface area contributed by atoms with Crippen molar-refractivity contribution in [1.82, 2.24) is 19.8 Å². The van der Waals surface area contributed by atoms with Gasteiger partial charge in [-0.3, -0.25) is 4.79 Å². The number of piperidine rings is 1. The Morgan fingerprint density at radius 3 is 2.76 bits per heavy atom. The molecule has 2 aliphatic rings. The van der Waals surface area contributed by atoms with E-state index in [0.29, 0.717) is 12.6 Å². The van der Waals surface area contributed by atoms with E-state index < -0.39 is 0 Å². The molecule has 1 amide bonds. The van der Waals surface area contributed by atoms with E-state index in [0.717, 1.165) is 57.1 Å². The number of aromatic nitrogens is 2. The van der Waals surface area contributed by atoms with Crippen LogP contribution >= 0.6 is 0 Å². The van der Waals surface area contributed by atoms with Gasteiger partial charge in [-0.2, -0.15) is 0 Å². The molecule has 0 N–H and O–H groups in total. The average Bonchev–Trinajstić information content (AvgIpc) is 2.62. The molecule has 2 aliphatic heterocycles. The smallest absolute Gasteiger partial charge is 0.219 e. The van der Waals surface area contributed by atoms with Gasteiger partial charge in [0, 0.05) is 64.5 Å². The molecule has 3 rings (SSSR count). The van der Waals surface area contributed by atoms with Crippen molar-refractivity contribution in [1.29, 1.82) is 0 Å². The van der Waals surface area contributed by atoms with Gasteiger partial charge in [0.15, 0.2) is 0 Å². The third-order valence-corrected chi connectivity index (χ3v) is 5.30. The van der Waals surface area contributed by atoms with Crippen molar-refractivity contribution in [3.05, 3.63) is 18.1 Å². The van der Waals surface area contributed by atoms with Crippen LogP contribution in [0.25, 0.3) is 0 Å². The van der Waals surface area contributed by atoms with Crippen molar-refractivity contribution in [2.45, 2.75) is 38.8 Å². The van der Waals surface area contributed by atoms with Gasteiger partial charge in [0.05, 0.1) is 12.7 Å². The first-order valence-corrected chi connectivity index (χ1v) is 9.14. The molecule has 2 fully saturated rings. The highest BCUT2D eigenvalue weighted by molar-refractivity contribution is 5.73. The van der Waals surface area contributed by atoms with Crippen LogP contribution in [0.2, 0.25) is 0 Å². The first-order valence-electron chi connectivity index (χ1n) is 9.14. The Balaban J connectivity index is 1.48. The molecule has 0 spiro atoms. The lowest BCUT2D eigenvalue weighted by Gasteiger charge is -2.40. The Labute approximate surface area is 150 Å². The highest BCUT2D eigenvalue weighted by atomic mass is 16.5. The van der Waals surface area contributed by atoms with Crippen LogP contribution in [0, 0.1) is 6.92 Å². The van der Waals surface area contributed by atoms with Crippen molar-refractivity contribution in [2.75, 3.05) is 51.3 Å². The van der Waals surface area contributed by atoms with Crippen LogP contribution in [-0.4, -0.2) is 84.2 Å². The highest BCUT2D eigenvalue weighted by Crippen LogP contribution is 2.21. The minimum absolute atomic E-state index is 0.136. The number of hydrogen-bond donors (Lipinski definition) is 0. The first kappa shape index (κ1) is 18.1. The van der Waals surface area contributed by atoms with Crippen molar-refractivity contribution >= 4 is 11.7 Å². The van der Waals surface area contributed by atoms with E-state index in [9.17, 15) is 4.79 Å². The predicted octanol–water partition coefficient (Wildman–Crippen LogP) is 0.933. The molecule has 7 nitrogen and oxygen atoms in total. The summed E-state index contributed by atoms with van der Waals surface area (Å²) in [5.74, 6) is 1.15. The molecule has 25 heavy (non-hydrogen) atoms. The van der Waals surface area contributed by atoms with Crippen LogP contribution in [0.4, 0.5) is 5.82 Å². The molecule has 138 valence electrons. The summed E-state index contributed by atoms with van der Waals surface area (Å²) in [6.07, 6.45) is 4.00. The van der Waals surface area contributed by atoms with E-state index in [1.165, 1.54) is 0 Å². The molecule has 0 aliphatic carbocycles. The molecular formula is C18H29N5O2. The molecular weight excluding hydrogens is 318 g/mol. The molecule has 3 heterocycles. The average molecular weight is 347 g/mol. The fourth-order valence-corrected chi connectivity index (χ4v) is 3.71. The summed E-state index contributed by atoms with van der Waals surface area (Å²) in [6.45, 7) is 8.74. The maximum atomic E-state index is 11.6. The number of anilines is 1. The predicted molar refractivity (Wildman–Crippen MR) is 96.6 cm³/mol. The van der Waals surface area contributed by atoms with Crippen molar-refractivity contribution in [2.24, 2.45) is 0 Å². The topological polar surface area (TPSA) is 61.8 Å². The number of ether oxygens (including phenoxy) is 1. The Bertz CT molecular complexity index is 589. The molecule has 0 aromatic carbocycles. The van der Waals surface area contributed by atoms with Gasteiger partial charge in [0.2, 0.25) is 5.91 Å². The SMILES string of the molecule is CC(=O)N1CCOC(CN2CCC(N(C)c3cc(C)ncn3)CC2)C1. The van der Waals surface area contributed by atoms with Gasteiger partial charge in [-0.05, 0) is 19.8 Å². The number of morpholine rings is 1. The second-order valence-electron chi connectivity index (χ2n) is 7.12. The molecule has 1 aromatic rings. The number of amides is 1. The summed E-state index contributed by atoms with van der Waals surface area (Å²) >= 11 is 0. The monoisotopic (exact) mass is 347 g/mol. The van der Waals surface area contributed by atoms with Crippen LogP contribution in [0.15, 0.2) is 12.4 Å². The Kier molecular flexibility index (Phi) is 5.86. The third kappa shape index (κ3) is 4.67. The minimum Gasteiger partial charge on any atom is -0.373 e. The number of likely N-dealkylation sites (tertiary alicyclic amines) is 1. The van der Waals surface area contributed by atoms with E-state index in [2.05, 4.69) is 26.8 Å². The number of aryl methyl sites for hydroxylation is 1. The zero-order valence-corrected chi connectivity index (χ0v) is 15.5. The maximum absolute atomic E-state index is 11.6. The van der Waals surface area contributed by atoms with E-state index in [1.807, 2.05) is 17.9 Å². The van der Waals surface area contributed by atoms with Crippen molar-refractivity contribution < 1.29 is 9.53 Å². The third-order valence-electron chi connectivity index (χ3n) is 5.30. The zero-order valence-electron chi connectivity index (χ0n) is 15.5. The molecule has 2 saturated heterocycles. The molecule has 1 aromatic heterocycles. The molecule has 1 atom stereocenters. The molecule has 1 unspecified atom stereocenters. The summed E-state index contributed by atoms with van der Waals surface area (Å²) in [7, 11) is 2.12. The van der Waals surface area contributed by atoms with Gasteiger partial charge in [0.25, 0.3) is 0 Å². The lowest BCUT2D eigenvalue weighted by atomic mass is 10.0. The maximum Gasteiger partial charge on any atom is 0.219 e.